The Hall–Kier alpha value is -5.88. The normalized spacial score (nSPS) is 11.2. The fourth-order valence-electron chi connectivity index (χ4n) is 6.51. The maximum absolute atomic E-state index is 11.7. The number of hydrogen-bond donors (Lipinski definition) is 6. The summed E-state index contributed by atoms with van der Waals surface area (Å²) < 4.78 is 0. The van der Waals surface area contributed by atoms with Gasteiger partial charge in [0.1, 0.15) is 34.5 Å². The van der Waals surface area contributed by atoms with Crippen LogP contribution in [-0.4, -0.2) is 30.6 Å². The van der Waals surface area contributed by atoms with E-state index in [2.05, 4.69) is 0 Å². The van der Waals surface area contributed by atoms with Gasteiger partial charge in [-0.3, -0.25) is 0 Å². The average Bonchev–Trinajstić information content (AvgIpc) is 3.05. The van der Waals surface area contributed by atoms with Crippen LogP contribution in [0.5, 0.6) is 34.5 Å². The van der Waals surface area contributed by atoms with Crippen LogP contribution in [0.1, 0.15) is 66.8 Å². The van der Waals surface area contributed by atoms with Gasteiger partial charge in [0.15, 0.2) is 0 Å². The number of rotatable bonds is 9. The molecule has 0 fully saturated rings. The molecule has 50 heavy (non-hydrogen) atoms. The molecule has 0 unspecified atom stereocenters. The molecule has 6 rings (SSSR count). The first-order chi connectivity index (χ1) is 23.8. The van der Waals surface area contributed by atoms with Gasteiger partial charge in [-0.1, -0.05) is 48.5 Å². The van der Waals surface area contributed by atoms with Gasteiger partial charge < -0.3 is 30.6 Å². The van der Waals surface area contributed by atoms with Gasteiger partial charge in [0, 0.05) is 25.7 Å². The average molecular weight is 667 g/mol. The van der Waals surface area contributed by atoms with Crippen LogP contribution in [0.3, 0.4) is 0 Å². The third kappa shape index (κ3) is 7.40. The molecule has 6 nitrogen and oxygen atoms in total. The molecule has 254 valence electrons. The largest absolute Gasteiger partial charge is 0.508 e. The summed E-state index contributed by atoms with van der Waals surface area (Å²) in [7, 11) is 0. The zero-order valence-corrected chi connectivity index (χ0v) is 28.7. The fraction of sp³-hybridized carbons (Fsp3) is 0.182. The van der Waals surface area contributed by atoms with Crippen LogP contribution in [0.25, 0.3) is 11.1 Å². The molecule has 0 aliphatic rings. The van der Waals surface area contributed by atoms with Crippen molar-refractivity contribution in [1.82, 2.24) is 0 Å². The third-order valence-corrected chi connectivity index (χ3v) is 9.36. The molecule has 0 heterocycles. The summed E-state index contributed by atoms with van der Waals surface area (Å²) in [5.74, 6) is 0.689. The molecule has 0 bridgehead atoms. The molecule has 0 saturated heterocycles. The maximum Gasteiger partial charge on any atom is 0.122 e. The van der Waals surface area contributed by atoms with Crippen LogP contribution in [0.2, 0.25) is 0 Å². The van der Waals surface area contributed by atoms with Crippen molar-refractivity contribution in [3.05, 3.63) is 164 Å². The van der Waals surface area contributed by atoms with Crippen molar-refractivity contribution in [2.24, 2.45) is 0 Å². The van der Waals surface area contributed by atoms with Crippen molar-refractivity contribution in [1.29, 1.82) is 0 Å². The number of benzene rings is 6. The Morgan fingerprint density at radius 2 is 0.520 bits per heavy atom. The van der Waals surface area contributed by atoms with E-state index in [1.54, 1.807) is 24.3 Å². The molecule has 6 heteroatoms. The quantitative estimate of drug-likeness (QED) is 0.0915. The summed E-state index contributed by atoms with van der Waals surface area (Å²) >= 11 is 0. The van der Waals surface area contributed by atoms with Gasteiger partial charge >= 0.3 is 0 Å². The number of aromatic hydroxyl groups is 6. The lowest BCUT2D eigenvalue weighted by Crippen LogP contribution is -2.00. The van der Waals surface area contributed by atoms with Crippen LogP contribution in [0, 0.1) is 27.7 Å². The Morgan fingerprint density at radius 1 is 0.300 bits per heavy atom. The zero-order valence-electron chi connectivity index (χ0n) is 28.7. The van der Waals surface area contributed by atoms with E-state index in [0.717, 1.165) is 33.4 Å². The van der Waals surface area contributed by atoms with E-state index in [0.29, 0.717) is 44.5 Å². The Balaban J connectivity index is 1.53. The van der Waals surface area contributed by atoms with Gasteiger partial charge in [-0.25, -0.2) is 0 Å². The minimum atomic E-state index is 0.0714. The van der Waals surface area contributed by atoms with Crippen molar-refractivity contribution in [3.8, 4) is 45.6 Å². The summed E-state index contributed by atoms with van der Waals surface area (Å²) in [4.78, 5) is 0. The molecule has 0 aromatic heterocycles. The first-order valence-electron chi connectivity index (χ1n) is 16.7. The highest BCUT2D eigenvalue weighted by atomic mass is 16.3. The van der Waals surface area contributed by atoms with Gasteiger partial charge in [-0.05, 0) is 154 Å². The summed E-state index contributed by atoms with van der Waals surface area (Å²) in [5.41, 5.74) is 10.2. The zero-order chi connectivity index (χ0) is 35.7. The number of hydrogen-bond acceptors (Lipinski definition) is 6. The lowest BCUT2D eigenvalue weighted by molar-refractivity contribution is 0.455. The number of phenolic OH excluding ortho intramolecular Hbond substituents is 6. The summed E-state index contributed by atoms with van der Waals surface area (Å²) in [6.45, 7) is 7.61. The topological polar surface area (TPSA) is 121 Å². The SMILES string of the molecule is Cc1ccc(Cc2cc(-c3cc(Cc4ccc(C)cc4O)c(O)c(Cc4ccc(C)cc4O)c3)cc(Cc3ccc(C)cc3O)c2O)c(O)c1. The second kappa shape index (κ2) is 13.9. The van der Waals surface area contributed by atoms with Gasteiger partial charge in [0.05, 0.1) is 0 Å². The second-order valence-electron chi connectivity index (χ2n) is 13.5. The first kappa shape index (κ1) is 34.0. The molecule has 0 amide bonds. The highest BCUT2D eigenvalue weighted by molar-refractivity contribution is 5.72. The van der Waals surface area contributed by atoms with E-state index >= 15 is 0 Å². The highest BCUT2D eigenvalue weighted by Crippen LogP contribution is 2.40. The van der Waals surface area contributed by atoms with E-state index in [4.69, 9.17) is 0 Å². The molecule has 0 spiro atoms. The molecule has 6 aromatic carbocycles. The van der Waals surface area contributed by atoms with Crippen LogP contribution >= 0.6 is 0 Å². The maximum atomic E-state index is 11.7. The van der Waals surface area contributed by atoms with Crippen molar-refractivity contribution >= 4 is 0 Å². The molecule has 0 aliphatic heterocycles. The summed E-state index contributed by atoms with van der Waals surface area (Å²) in [6, 6.07) is 29.4. The van der Waals surface area contributed by atoms with E-state index in [9.17, 15) is 30.6 Å². The van der Waals surface area contributed by atoms with Crippen molar-refractivity contribution < 1.29 is 30.6 Å². The fourth-order valence-corrected chi connectivity index (χ4v) is 6.51. The van der Waals surface area contributed by atoms with Crippen LogP contribution < -0.4 is 0 Å². The third-order valence-electron chi connectivity index (χ3n) is 9.36. The minimum Gasteiger partial charge on any atom is -0.508 e. The highest BCUT2D eigenvalue weighted by Gasteiger charge is 2.19. The molecule has 6 aromatic rings. The Labute approximate surface area is 292 Å². The van der Waals surface area contributed by atoms with E-state index in [1.807, 2.05) is 100 Å². The Bertz CT molecular complexity index is 1920. The lowest BCUT2D eigenvalue weighted by atomic mass is 9.88. The lowest BCUT2D eigenvalue weighted by Gasteiger charge is -2.18. The standard InChI is InChI=1S/C44H42O6/c1-25-5-9-29(39(45)13-25)17-35-21-33(22-36(43(35)49)18-30-10-6-26(2)14-40(30)46)34-23-37(19-31-11-7-27(3)15-41(31)47)44(50)38(24-34)20-32-12-8-28(4)16-42(32)48/h5-16,21-24,45-50H,17-20H2,1-4H3. The molecule has 0 saturated carbocycles. The molecule has 6 N–H and O–H groups in total. The summed E-state index contributed by atoms with van der Waals surface area (Å²) in [6.07, 6.45) is 1.02. The predicted octanol–water partition coefficient (Wildman–Crippen LogP) is 9.18. The second-order valence-corrected chi connectivity index (χ2v) is 13.5. The molecule has 0 atom stereocenters. The van der Waals surface area contributed by atoms with Crippen LogP contribution in [0.4, 0.5) is 0 Å². The van der Waals surface area contributed by atoms with Gasteiger partial charge in [0.2, 0.25) is 0 Å². The number of aryl methyl sites for hydroxylation is 4. The van der Waals surface area contributed by atoms with Crippen molar-refractivity contribution in [2.45, 2.75) is 53.4 Å². The molecule has 0 radical (unpaired) electrons. The van der Waals surface area contributed by atoms with Gasteiger partial charge in [-0.2, -0.15) is 0 Å². The van der Waals surface area contributed by atoms with Crippen LogP contribution in [-0.2, 0) is 25.7 Å². The smallest absolute Gasteiger partial charge is 0.122 e. The van der Waals surface area contributed by atoms with Crippen molar-refractivity contribution in [3.63, 3.8) is 0 Å². The van der Waals surface area contributed by atoms with Crippen molar-refractivity contribution in [2.75, 3.05) is 0 Å². The molecular weight excluding hydrogens is 624 g/mol. The molecule has 0 aliphatic carbocycles. The monoisotopic (exact) mass is 666 g/mol. The van der Waals surface area contributed by atoms with Crippen LogP contribution in [0.15, 0.2) is 97.1 Å². The molecular formula is C44H42O6. The van der Waals surface area contributed by atoms with Gasteiger partial charge in [-0.15, -0.1) is 0 Å². The van der Waals surface area contributed by atoms with E-state index in [1.165, 1.54) is 0 Å². The predicted molar refractivity (Wildman–Crippen MR) is 198 cm³/mol. The number of phenols is 6. The van der Waals surface area contributed by atoms with Gasteiger partial charge in [0.25, 0.3) is 0 Å². The first-order valence-corrected chi connectivity index (χ1v) is 16.7. The van der Waals surface area contributed by atoms with E-state index in [-0.39, 0.29) is 60.2 Å². The Kier molecular flexibility index (Phi) is 9.47. The van der Waals surface area contributed by atoms with E-state index < -0.39 is 0 Å². The minimum absolute atomic E-state index is 0.0714. The Morgan fingerprint density at radius 3 is 0.720 bits per heavy atom. The summed E-state index contributed by atoms with van der Waals surface area (Å²) in [5, 5.41) is 66.4.